The fourth-order valence-corrected chi connectivity index (χ4v) is 6.78. The highest BCUT2D eigenvalue weighted by Gasteiger charge is 2.29. The van der Waals surface area contributed by atoms with Crippen LogP contribution in [0.1, 0.15) is 39.5 Å². The van der Waals surface area contributed by atoms with Gasteiger partial charge in [-0.1, -0.05) is 13.8 Å². The molecule has 0 unspecified atom stereocenters. The normalized spacial score (nSPS) is 22.5. The van der Waals surface area contributed by atoms with Crippen molar-refractivity contribution >= 4 is 27.2 Å². The third-order valence-corrected chi connectivity index (χ3v) is 9.15. The van der Waals surface area contributed by atoms with Crippen LogP contribution in [-0.4, -0.2) is 49.1 Å². The van der Waals surface area contributed by atoms with E-state index in [1.165, 1.54) is 24.2 Å². The van der Waals surface area contributed by atoms with E-state index in [2.05, 4.69) is 28.9 Å². The number of sulfonamides is 1. The largest absolute Gasteiger partial charge is 0.355 e. The highest BCUT2D eigenvalue weighted by molar-refractivity contribution is 7.91. The van der Waals surface area contributed by atoms with Crippen LogP contribution in [0, 0.1) is 11.8 Å². The molecule has 2 aliphatic heterocycles. The molecule has 6 nitrogen and oxygen atoms in total. The van der Waals surface area contributed by atoms with E-state index >= 15 is 0 Å². The van der Waals surface area contributed by atoms with Crippen molar-refractivity contribution in [1.29, 1.82) is 0 Å². The van der Waals surface area contributed by atoms with Crippen LogP contribution in [0.5, 0.6) is 0 Å². The van der Waals surface area contributed by atoms with Crippen LogP contribution >= 0.6 is 11.3 Å². The third kappa shape index (κ3) is 4.09. The molecule has 152 valence electrons. The Balaban J connectivity index is 1.49. The number of hydrogen-bond acceptors (Lipinski definition) is 6. The zero-order valence-electron chi connectivity index (χ0n) is 16.5. The van der Waals surface area contributed by atoms with Gasteiger partial charge in [0.05, 0.1) is 5.69 Å². The molecule has 0 N–H and O–H groups in total. The summed E-state index contributed by atoms with van der Waals surface area (Å²) in [5.74, 6) is 2.18. The average Bonchev–Trinajstić information content (AvgIpc) is 3.20. The maximum Gasteiger partial charge on any atom is 0.252 e. The Bertz CT molecular complexity index is 903. The SMILES string of the molecule is CC1CCN(S(=O)(=O)c2cc(-c3ccc(N4CCC[C@H](C)C4)nn3)cs2)CC1. The van der Waals surface area contributed by atoms with Crippen LogP contribution in [-0.2, 0) is 10.0 Å². The molecule has 2 aromatic rings. The Labute approximate surface area is 171 Å². The number of nitrogens with zero attached hydrogens (tertiary/aromatic N) is 4. The maximum atomic E-state index is 12.9. The van der Waals surface area contributed by atoms with Crippen LogP contribution < -0.4 is 4.90 Å². The summed E-state index contributed by atoms with van der Waals surface area (Å²) in [5, 5.41) is 10.6. The molecule has 0 spiro atoms. The molecule has 2 aromatic heterocycles. The first kappa shape index (κ1) is 19.8. The fraction of sp³-hybridized carbons (Fsp3) is 0.600. The maximum absolute atomic E-state index is 12.9. The highest BCUT2D eigenvalue weighted by Crippen LogP contribution is 2.31. The second kappa shape index (κ2) is 8.08. The Kier molecular flexibility index (Phi) is 5.71. The Morgan fingerprint density at radius 2 is 1.82 bits per heavy atom. The first-order valence-corrected chi connectivity index (χ1v) is 12.4. The molecule has 0 saturated carbocycles. The van der Waals surface area contributed by atoms with Gasteiger partial charge in [-0.3, -0.25) is 0 Å². The Hall–Kier alpha value is -1.51. The summed E-state index contributed by atoms with van der Waals surface area (Å²) < 4.78 is 27.9. The van der Waals surface area contributed by atoms with Crippen LogP contribution in [0.25, 0.3) is 11.3 Å². The van der Waals surface area contributed by atoms with E-state index in [-0.39, 0.29) is 0 Å². The van der Waals surface area contributed by atoms with Gasteiger partial charge in [-0.15, -0.1) is 21.5 Å². The van der Waals surface area contributed by atoms with Crippen molar-refractivity contribution in [3.8, 4) is 11.3 Å². The lowest BCUT2D eigenvalue weighted by Crippen LogP contribution is -2.37. The number of thiophene rings is 1. The van der Waals surface area contributed by atoms with Crippen molar-refractivity contribution in [3.05, 3.63) is 23.6 Å². The number of hydrogen-bond donors (Lipinski definition) is 0. The van der Waals surface area contributed by atoms with Crippen molar-refractivity contribution in [2.24, 2.45) is 11.8 Å². The minimum Gasteiger partial charge on any atom is -0.355 e. The standard InChI is InChI=1S/C20H28N4O2S2/c1-15-7-10-24(11-8-15)28(25,26)20-12-17(14-27-20)18-5-6-19(22-21-18)23-9-3-4-16(2)13-23/h5-6,12,14-16H,3-4,7-11,13H2,1-2H3/t16-/m0/s1. The van der Waals surface area contributed by atoms with Gasteiger partial charge < -0.3 is 4.90 Å². The molecule has 0 aliphatic carbocycles. The zero-order valence-corrected chi connectivity index (χ0v) is 18.2. The van der Waals surface area contributed by atoms with E-state index in [9.17, 15) is 8.42 Å². The van der Waals surface area contributed by atoms with Crippen molar-refractivity contribution < 1.29 is 8.42 Å². The molecule has 2 saturated heterocycles. The second-order valence-electron chi connectivity index (χ2n) is 8.21. The number of piperidine rings is 2. The van der Waals surface area contributed by atoms with Gasteiger partial charge in [0.1, 0.15) is 4.21 Å². The predicted molar refractivity (Wildman–Crippen MR) is 113 cm³/mol. The summed E-state index contributed by atoms with van der Waals surface area (Å²) >= 11 is 1.27. The number of anilines is 1. The van der Waals surface area contributed by atoms with Gasteiger partial charge in [-0.2, -0.15) is 4.31 Å². The lowest BCUT2D eigenvalue weighted by Gasteiger charge is -2.31. The predicted octanol–water partition coefficient (Wildman–Crippen LogP) is 3.86. The molecule has 28 heavy (non-hydrogen) atoms. The molecule has 0 amide bonds. The molecule has 4 rings (SSSR count). The number of rotatable bonds is 4. The van der Waals surface area contributed by atoms with Crippen molar-refractivity contribution in [2.45, 2.75) is 43.7 Å². The van der Waals surface area contributed by atoms with Crippen LogP contribution in [0.2, 0.25) is 0 Å². The minimum atomic E-state index is -3.41. The first-order chi connectivity index (χ1) is 13.4. The summed E-state index contributed by atoms with van der Waals surface area (Å²) in [6.07, 6.45) is 4.31. The third-order valence-electron chi connectivity index (χ3n) is 5.84. The summed E-state index contributed by atoms with van der Waals surface area (Å²) in [7, 11) is -3.41. The smallest absolute Gasteiger partial charge is 0.252 e. The van der Waals surface area contributed by atoms with E-state index in [0.717, 1.165) is 43.0 Å². The summed E-state index contributed by atoms with van der Waals surface area (Å²) in [6, 6.07) is 5.69. The van der Waals surface area contributed by atoms with E-state index in [1.54, 1.807) is 10.4 Å². The van der Waals surface area contributed by atoms with Gasteiger partial charge in [0, 0.05) is 37.1 Å². The molecule has 2 aliphatic rings. The van der Waals surface area contributed by atoms with Crippen molar-refractivity contribution in [2.75, 3.05) is 31.1 Å². The van der Waals surface area contributed by atoms with Gasteiger partial charge in [0.15, 0.2) is 5.82 Å². The van der Waals surface area contributed by atoms with Gasteiger partial charge in [-0.25, -0.2) is 8.42 Å². The fourth-order valence-electron chi connectivity index (χ4n) is 3.98. The molecule has 8 heteroatoms. The van der Waals surface area contributed by atoms with Crippen LogP contribution in [0.3, 0.4) is 0 Å². The van der Waals surface area contributed by atoms with Crippen molar-refractivity contribution in [1.82, 2.24) is 14.5 Å². The molecule has 0 aromatic carbocycles. The monoisotopic (exact) mass is 420 g/mol. The molecule has 2 fully saturated rings. The first-order valence-electron chi connectivity index (χ1n) is 10.1. The van der Waals surface area contributed by atoms with Crippen molar-refractivity contribution in [3.63, 3.8) is 0 Å². The topological polar surface area (TPSA) is 66.4 Å². The van der Waals surface area contributed by atoms with Gasteiger partial charge in [0.2, 0.25) is 0 Å². The Morgan fingerprint density at radius 1 is 1.04 bits per heavy atom. The Morgan fingerprint density at radius 3 is 2.50 bits per heavy atom. The molecule has 0 radical (unpaired) electrons. The molecular weight excluding hydrogens is 392 g/mol. The zero-order chi connectivity index (χ0) is 19.7. The van der Waals surface area contributed by atoms with E-state index in [1.807, 2.05) is 17.5 Å². The van der Waals surface area contributed by atoms with E-state index in [4.69, 9.17) is 0 Å². The van der Waals surface area contributed by atoms with Gasteiger partial charge in [0.25, 0.3) is 10.0 Å². The molecule has 4 heterocycles. The van der Waals surface area contributed by atoms with Crippen LogP contribution in [0.4, 0.5) is 5.82 Å². The molecule has 1 atom stereocenters. The summed E-state index contributed by atoms with van der Waals surface area (Å²) in [6.45, 7) is 7.71. The second-order valence-corrected chi connectivity index (χ2v) is 11.3. The van der Waals surface area contributed by atoms with Crippen LogP contribution in [0.15, 0.2) is 27.8 Å². The quantitative estimate of drug-likeness (QED) is 0.751. The van der Waals surface area contributed by atoms with Gasteiger partial charge >= 0.3 is 0 Å². The summed E-state index contributed by atoms with van der Waals surface area (Å²) in [5.41, 5.74) is 1.54. The van der Waals surface area contributed by atoms with Gasteiger partial charge in [-0.05, 0) is 55.7 Å². The highest BCUT2D eigenvalue weighted by atomic mass is 32.2. The van der Waals surface area contributed by atoms with E-state index in [0.29, 0.717) is 29.1 Å². The number of aromatic nitrogens is 2. The average molecular weight is 421 g/mol. The molecular formula is C20H28N4O2S2. The minimum absolute atomic E-state index is 0.396. The lowest BCUT2D eigenvalue weighted by atomic mass is 10.0. The van der Waals surface area contributed by atoms with E-state index < -0.39 is 10.0 Å². The lowest BCUT2D eigenvalue weighted by molar-refractivity contribution is 0.288. The molecule has 0 bridgehead atoms. The summed E-state index contributed by atoms with van der Waals surface area (Å²) in [4.78, 5) is 2.28.